The number of nitrogens with zero attached hydrogens (tertiary/aromatic N) is 1. The van der Waals surface area contributed by atoms with Crippen LogP contribution in [0.4, 0.5) is 0 Å². The summed E-state index contributed by atoms with van der Waals surface area (Å²) in [7, 11) is 0. The van der Waals surface area contributed by atoms with Crippen LogP contribution in [0.1, 0.15) is 74.0 Å². The average molecular weight is 381 g/mol. The summed E-state index contributed by atoms with van der Waals surface area (Å²) in [5, 5.41) is 3.11. The minimum Gasteiger partial charge on any atom is -0.351 e. The number of carbonyl (C=O) groups is 2. The van der Waals surface area contributed by atoms with Crippen molar-refractivity contribution in [3.8, 4) is 0 Å². The van der Waals surface area contributed by atoms with E-state index in [0.717, 1.165) is 45.2 Å². The Morgan fingerprint density at radius 3 is 2.43 bits per heavy atom. The number of hydrogen-bond donors (Lipinski definition) is 1. The van der Waals surface area contributed by atoms with E-state index in [1.54, 1.807) is 5.56 Å². The highest BCUT2D eigenvalue weighted by atomic mass is 16.2. The van der Waals surface area contributed by atoms with Crippen LogP contribution in [0.2, 0.25) is 0 Å². The molecule has 4 fully saturated rings. The minimum absolute atomic E-state index is 0.0404. The van der Waals surface area contributed by atoms with Crippen molar-refractivity contribution in [3.05, 3.63) is 34.9 Å². The summed E-state index contributed by atoms with van der Waals surface area (Å²) in [4.78, 5) is 26.5. The predicted octanol–water partition coefficient (Wildman–Crippen LogP) is 3.85. The monoisotopic (exact) mass is 380 g/mol. The fourth-order valence-corrected chi connectivity index (χ4v) is 6.43. The van der Waals surface area contributed by atoms with Gasteiger partial charge < -0.3 is 10.2 Å². The largest absolute Gasteiger partial charge is 0.351 e. The van der Waals surface area contributed by atoms with Crippen LogP contribution in [-0.4, -0.2) is 35.3 Å². The maximum Gasteiger partial charge on any atom is 0.225 e. The second-order valence-corrected chi connectivity index (χ2v) is 10.2. The van der Waals surface area contributed by atoms with Gasteiger partial charge in [0.2, 0.25) is 11.8 Å². The van der Waals surface area contributed by atoms with Gasteiger partial charge in [-0.15, -0.1) is 0 Å². The van der Waals surface area contributed by atoms with Gasteiger partial charge in [-0.25, -0.2) is 0 Å². The molecule has 2 saturated heterocycles. The lowest BCUT2D eigenvalue weighted by molar-refractivity contribution is -0.145. The molecule has 1 aromatic rings. The fourth-order valence-electron chi connectivity index (χ4n) is 6.43. The van der Waals surface area contributed by atoms with Crippen LogP contribution in [-0.2, 0) is 9.59 Å². The number of rotatable bonds is 2. The minimum atomic E-state index is -0.0404. The van der Waals surface area contributed by atoms with Crippen molar-refractivity contribution in [1.82, 2.24) is 10.2 Å². The molecule has 0 aromatic heterocycles. The van der Waals surface area contributed by atoms with Crippen molar-refractivity contribution in [2.45, 2.75) is 76.7 Å². The SMILES string of the molecule is Cc1cccc(C2CC3(CCN(C(=O)C4CC5(CCC(=O)N5)C4)CC3)C2)c1C. The van der Waals surface area contributed by atoms with E-state index in [0.29, 0.717) is 23.7 Å². The van der Waals surface area contributed by atoms with Crippen LogP contribution in [0.5, 0.6) is 0 Å². The van der Waals surface area contributed by atoms with Crippen LogP contribution in [0.15, 0.2) is 18.2 Å². The van der Waals surface area contributed by atoms with Gasteiger partial charge in [-0.05, 0) is 86.8 Å². The third kappa shape index (κ3) is 2.87. The van der Waals surface area contributed by atoms with Crippen LogP contribution in [0, 0.1) is 25.2 Å². The summed E-state index contributed by atoms with van der Waals surface area (Å²) in [6.45, 7) is 6.32. The molecule has 0 bridgehead atoms. The normalized spacial score (nSPS) is 28.1. The third-order valence-electron chi connectivity index (χ3n) is 8.44. The Morgan fingerprint density at radius 1 is 1.07 bits per heavy atom. The molecule has 2 aliphatic heterocycles. The average Bonchev–Trinajstić information content (AvgIpc) is 3.03. The van der Waals surface area contributed by atoms with Gasteiger partial charge in [-0.1, -0.05) is 18.2 Å². The highest BCUT2D eigenvalue weighted by molar-refractivity contribution is 5.83. The number of carbonyl (C=O) groups excluding carboxylic acids is 2. The molecule has 4 aliphatic rings. The highest BCUT2D eigenvalue weighted by Gasteiger charge is 2.53. The summed E-state index contributed by atoms with van der Waals surface area (Å²) >= 11 is 0. The lowest BCUT2D eigenvalue weighted by Gasteiger charge is -2.54. The van der Waals surface area contributed by atoms with Crippen molar-refractivity contribution in [2.75, 3.05) is 13.1 Å². The molecule has 1 N–H and O–H groups in total. The quantitative estimate of drug-likeness (QED) is 0.847. The first-order chi connectivity index (χ1) is 13.4. The summed E-state index contributed by atoms with van der Waals surface area (Å²) in [5.74, 6) is 1.34. The van der Waals surface area contributed by atoms with Gasteiger partial charge in [0, 0.05) is 31.0 Å². The van der Waals surface area contributed by atoms with Gasteiger partial charge in [-0.3, -0.25) is 9.59 Å². The zero-order valence-corrected chi connectivity index (χ0v) is 17.2. The van der Waals surface area contributed by atoms with Gasteiger partial charge in [0.1, 0.15) is 0 Å². The molecular weight excluding hydrogens is 348 g/mol. The molecule has 150 valence electrons. The third-order valence-corrected chi connectivity index (χ3v) is 8.44. The smallest absolute Gasteiger partial charge is 0.225 e. The summed E-state index contributed by atoms with van der Waals surface area (Å²) in [6.07, 6.45) is 8.16. The second kappa shape index (κ2) is 6.33. The molecule has 2 spiro atoms. The van der Waals surface area contributed by atoms with E-state index in [1.165, 1.54) is 24.0 Å². The van der Waals surface area contributed by atoms with Crippen molar-refractivity contribution >= 4 is 11.8 Å². The van der Waals surface area contributed by atoms with E-state index in [4.69, 9.17) is 0 Å². The lowest BCUT2D eigenvalue weighted by Crippen LogP contribution is -2.58. The molecule has 28 heavy (non-hydrogen) atoms. The second-order valence-electron chi connectivity index (χ2n) is 10.2. The first-order valence-electron chi connectivity index (χ1n) is 11.0. The Kier molecular flexibility index (Phi) is 4.12. The molecule has 2 saturated carbocycles. The topological polar surface area (TPSA) is 49.4 Å². The van der Waals surface area contributed by atoms with Gasteiger partial charge in [0.15, 0.2) is 0 Å². The Hall–Kier alpha value is -1.84. The van der Waals surface area contributed by atoms with Crippen LogP contribution < -0.4 is 5.32 Å². The van der Waals surface area contributed by atoms with E-state index in [9.17, 15) is 9.59 Å². The zero-order chi connectivity index (χ0) is 19.5. The van der Waals surface area contributed by atoms with E-state index in [-0.39, 0.29) is 17.4 Å². The van der Waals surface area contributed by atoms with E-state index in [1.807, 2.05) is 0 Å². The Bertz CT molecular complexity index is 808. The molecule has 1 aromatic carbocycles. The van der Waals surface area contributed by atoms with Crippen LogP contribution in [0.25, 0.3) is 0 Å². The maximum absolute atomic E-state index is 12.9. The standard InChI is InChI=1S/C24H32N2O2/c1-16-4-3-5-20(17(16)2)18-12-23(13-18)8-10-26(11-9-23)22(28)19-14-24(15-19)7-6-21(27)25-24/h3-5,18-19H,6-15H2,1-2H3,(H,25,27). The number of piperidine rings is 1. The number of hydrogen-bond acceptors (Lipinski definition) is 2. The van der Waals surface area contributed by atoms with E-state index < -0.39 is 0 Å². The van der Waals surface area contributed by atoms with E-state index >= 15 is 0 Å². The van der Waals surface area contributed by atoms with Crippen LogP contribution in [0.3, 0.4) is 0 Å². The molecule has 0 unspecified atom stereocenters. The lowest BCUT2D eigenvalue weighted by atomic mass is 9.55. The molecule has 5 rings (SSSR count). The molecule has 4 heteroatoms. The number of nitrogens with one attached hydrogen (secondary N) is 1. The summed E-state index contributed by atoms with van der Waals surface area (Å²) in [5.41, 5.74) is 4.84. The number of aryl methyl sites for hydroxylation is 1. The highest BCUT2D eigenvalue weighted by Crippen LogP contribution is 2.57. The zero-order valence-electron chi connectivity index (χ0n) is 17.2. The maximum atomic E-state index is 12.9. The van der Waals surface area contributed by atoms with Crippen molar-refractivity contribution < 1.29 is 9.59 Å². The Balaban J connectivity index is 1.13. The van der Waals surface area contributed by atoms with Crippen molar-refractivity contribution in [2.24, 2.45) is 11.3 Å². The molecule has 4 nitrogen and oxygen atoms in total. The first-order valence-corrected chi connectivity index (χ1v) is 11.0. The van der Waals surface area contributed by atoms with E-state index in [2.05, 4.69) is 42.3 Å². The molecule has 0 radical (unpaired) electrons. The Morgan fingerprint density at radius 2 is 1.79 bits per heavy atom. The van der Waals surface area contributed by atoms with Crippen molar-refractivity contribution in [1.29, 1.82) is 0 Å². The molecule has 0 atom stereocenters. The molecule has 2 amide bonds. The molecular formula is C24H32N2O2. The number of amides is 2. The summed E-state index contributed by atoms with van der Waals surface area (Å²) < 4.78 is 0. The van der Waals surface area contributed by atoms with Crippen LogP contribution >= 0.6 is 0 Å². The predicted molar refractivity (Wildman–Crippen MR) is 109 cm³/mol. The summed E-state index contributed by atoms with van der Waals surface area (Å²) in [6, 6.07) is 6.72. The fraction of sp³-hybridized carbons (Fsp3) is 0.667. The molecule has 2 heterocycles. The van der Waals surface area contributed by atoms with Gasteiger partial charge in [0.05, 0.1) is 0 Å². The first kappa shape index (κ1) is 18.2. The van der Waals surface area contributed by atoms with Crippen molar-refractivity contribution in [3.63, 3.8) is 0 Å². The molecule has 2 aliphatic carbocycles. The van der Waals surface area contributed by atoms with Gasteiger partial charge in [0.25, 0.3) is 0 Å². The van der Waals surface area contributed by atoms with Gasteiger partial charge in [-0.2, -0.15) is 0 Å². The Labute approximate surface area is 168 Å². The number of likely N-dealkylation sites (tertiary alicyclic amines) is 1. The van der Waals surface area contributed by atoms with Gasteiger partial charge >= 0.3 is 0 Å². The number of benzene rings is 1.